The van der Waals surface area contributed by atoms with Gasteiger partial charge in [-0.25, -0.2) is 0 Å². The molecule has 1 aromatic heterocycles. The van der Waals surface area contributed by atoms with Crippen molar-refractivity contribution in [1.82, 2.24) is 0 Å². The quantitative estimate of drug-likeness (QED) is 0.818. The van der Waals surface area contributed by atoms with Crippen molar-refractivity contribution < 1.29 is 5.11 Å². The molecule has 3 atom stereocenters. The number of nitriles is 1. The zero-order valence-corrected chi connectivity index (χ0v) is 13.2. The summed E-state index contributed by atoms with van der Waals surface area (Å²) >= 11 is 1.78. The average molecular weight is 301 g/mol. The van der Waals surface area contributed by atoms with Gasteiger partial charge in [-0.3, -0.25) is 0 Å². The zero-order chi connectivity index (χ0) is 14.7. The number of hydrogen-bond donors (Lipinski definition) is 1. The predicted octanol–water partition coefficient (Wildman–Crippen LogP) is 4.42. The molecule has 21 heavy (non-hydrogen) atoms. The molecule has 3 heteroatoms. The molecule has 3 rings (SSSR count). The molecular formula is C18H23NOS. The molecule has 2 saturated carbocycles. The minimum Gasteiger partial charge on any atom is -0.392 e. The monoisotopic (exact) mass is 301 g/mol. The molecule has 2 aliphatic rings. The lowest BCUT2D eigenvalue weighted by Crippen LogP contribution is -2.44. The summed E-state index contributed by atoms with van der Waals surface area (Å²) in [5, 5.41) is 21.7. The number of hydrogen-bond acceptors (Lipinski definition) is 3. The highest BCUT2D eigenvalue weighted by Crippen LogP contribution is 2.49. The first-order chi connectivity index (χ1) is 10.2. The summed E-state index contributed by atoms with van der Waals surface area (Å²) in [6, 6.07) is 6.63. The van der Waals surface area contributed by atoms with Crippen LogP contribution in [0.15, 0.2) is 29.7 Å². The van der Waals surface area contributed by atoms with Gasteiger partial charge in [-0.05, 0) is 55.9 Å². The minimum atomic E-state index is -0.269. The molecule has 2 fully saturated rings. The van der Waals surface area contributed by atoms with Crippen molar-refractivity contribution in [3.63, 3.8) is 0 Å². The van der Waals surface area contributed by atoms with Crippen molar-refractivity contribution in [2.45, 2.75) is 56.5 Å². The van der Waals surface area contributed by atoms with Crippen LogP contribution < -0.4 is 0 Å². The van der Waals surface area contributed by atoms with E-state index in [4.69, 9.17) is 5.26 Å². The van der Waals surface area contributed by atoms with Crippen molar-refractivity contribution >= 4 is 11.3 Å². The van der Waals surface area contributed by atoms with Crippen LogP contribution in [-0.2, 0) is 5.41 Å². The average Bonchev–Trinajstić information content (AvgIpc) is 3.09. The molecule has 1 aromatic rings. The summed E-state index contributed by atoms with van der Waals surface area (Å²) in [7, 11) is 0. The molecule has 112 valence electrons. The number of allylic oxidation sites excluding steroid dienone is 1. The first kappa shape index (κ1) is 14.8. The highest BCUT2D eigenvalue weighted by molar-refractivity contribution is 7.10. The Labute approximate surface area is 131 Å². The van der Waals surface area contributed by atoms with Gasteiger partial charge in [-0.15, -0.1) is 11.3 Å². The van der Waals surface area contributed by atoms with Crippen LogP contribution in [0.5, 0.6) is 0 Å². The van der Waals surface area contributed by atoms with Crippen LogP contribution in [-0.4, -0.2) is 11.2 Å². The molecule has 0 radical (unpaired) electrons. The molecule has 0 aromatic carbocycles. The number of thiophene rings is 1. The van der Waals surface area contributed by atoms with Gasteiger partial charge < -0.3 is 5.11 Å². The SMILES string of the molecule is N#CC1CCC(/C=C/CC(O)C2(c3cccs3)CCC2)C1. The molecular weight excluding hydrogens is 278 g/mol. The first-order valence-electron chi connectivity index (χ1n) is 8.03. The fourth-order valence-corrected chi connectivity index (χ4v) is 4.83. The molecule has 0 saturated heterocycles. The number of rotatable bonds is 5. The van der Waals surface area contributed by atoms with E-state index in [1.54, 1.807) is 11.3 Å². The summed E-state index contributed by atoms with van der Waals surface area (Å²) in [6.45, 7) is 0. The molecule has 0 aliphatic heterocycles. The van der Waals surface area contributed by atoms with Crippen molar-refractivity contribution in [2.24, 2.45) is 11.8 Å². The van der Waals surface area contributed by atoms with Crippen molar-refractivity contribution in [3.8, 4) is 6.07 Å². The van der Waals surface area contributed by atoms with Gasteiger partial charge in [0.2, 0.25) is 0 Å². The van der Waals surface area contributed by atoms with Crippen LogP contribution in [0.1, 0.15) is 49.8 Å². The van der Waals surface area contributed by atoms with Crippen molar-refractivity contribution in [1.29, 1.82) is 5.26 Å². The molecule has 2 aliphatic carbocycles. The molecule has 0 amide bonds. The van der Waals surface area contributed by atoms with Gasteiger partial charge in [0, 0.05) is 16.2 Å². The highest BCUT2D eigenvalue weighted by atomic mass is 32.1. The summed E-state index contributed by atoms with van der Waals surface area (Å²) in [6.07, 6.45) is 11.5. The largest absolute Gasteiger partial charge is 0.392 e. The third-order valence-electron chi connectivity index (χ3n) is 5.32. The third kappa shape index (κ3) is 2.93. The van der Waals surface area contributed by atoms with E-state index in [0.29, 0.717) is 5.92 Å². The maximum atomic E-state index is 10.7. The maximum absolute atomic E-state index is 10.7. The molecule has 0 bridgehead atoms. The number of aliphatic hydroxyl groups excluding tert-OH is 1. The van der Waals surface area contributed by atoms with Crippen molar-refractivity contribution in [3.05, 3.63) is 34.5 Å². The Morgan fingerprint density at radius 3 is 2.90 bits per heavy atom. The highest BCUT2D eigenvalue weighted by Gasteiger charge is 2.45. The molecule has 1 heterocycles. The van der Waals surface area contributed by atoms with E-state index < -0.39 is 0 Å². The lowest BCUT2D eigenvalue weighted by molar-refractivity contribution is 0.0328. The van der Waals surface area contributed by atoms with Gasteiger partial charge in [0.15, 0.2) is 0 Å². The Morgan fingerprint density at radius 1 is 1.48 bits per heavy atom. The lowest BCUT2D eigenvalue weighted by atomic mass is 9.63. The van der Waals surface area contributed by atoms with Crippen LogP contribution in [0, 0.1) is 23.2 Å². The summed E-state index contributed by atoms with van der Waals surface area (Å²) in [5.41, 5.74) is 0.0172. The summed E-state index contributed by atoms with van der Waals surface area (Å²) in [5.74, 6) is 0.787. The smallest absolute Gasteiger partial charge is 0.0679 e. The zero-order valence-electron chi connectivity index (χ0n) is 12.4. The van der Waals surface area contributed by atoms with Gasteiger partial charge in [0.25, 0.3) is 0 Å². The van der Waals surface area contributed by atoms with E-state index in [1.807, 2.05) is 0 Å². The van der Waals surface area contributed by atoms with E-state index in [9.17, 15) is 5.11 Å². The fourth-order valence-electron chi connectivity index (χ4n) is 3.80. The van der Waals surface area contributed by atoms with Crippen LogP contribution in [0.25, 0.3) is 0 Å². The maximum Gasteiger partial charge on any atom is 0.0679 e. The Bertz CT molecular complexity index is 524. The van der Waals surface area contributed by atoms with Gasteiger partial charge in [-0.1, -0.05) is 24.6 Å². The predicted molar refractivity (Wildman–Crippen MR) is 86.1 cm³/mol. The number of aliphatic hydroxyl groups is 1. The second kappa shape index (κ2) is 6.34. The summed E-state index contributed by atoms with van der Waals surface area (Å²) in [4.78, 5) is 1.35. The van der Waals surface area contributed by atoms with Gasteiger partial charge >= 0.3 is 0 Å². The second-order valence-electron chi connectivity index (χ2n) is 6.57. The van der Waals surface area contributed by atoms with Gasteiger partial charge in [0.1, 0.15) is 0 Å². The van der Waals surface area contributed by atoms with E-state index in [1.165, 1.54) is 11.3 Å². The van der Waals surface area contributed by atoms with E-state index in [0.717, 1.165) is 38.5 Å². The topological polar surface area (TPSA) is 44.0 Å². The summed E-state index contributed by atoms with van der Waals surface area (Å²) < 4.78 is 0. The standard InChI is InChI=1S/C18H23NOS/c19-13-15-8-7-14(12-15)4-1-5-16(20)18(9-3-10-18)17-6-2-11-21-17/h1-2,4,6,11,14-16,20H,3,5,7-10,12H2/b4-1+. The van der Waals surface area contributed by atoms with Gasteiger partial charge in [-0.2, -0.15) is 5.26 Å². The Hall–Kier alpha value is -1.11. The van der Waals surface area contributed by atoms with Crippen LogP contribution in [0.2, 0.25) is 0 Å². The van der Waals surface area contributed by atoms with Crippen LogP contribution >= 0.6 is 11.3 Å². The second-order valence-corrected chi connectivity index (χ2v) is 7.51. The van der Waals surface area contributed by atoms with Crippen LogP contribution in [0.3, 0.4) is 0 Å². The Balaban J connectivity index is 1.57. The van der Waals surface area contributed by atoms with Crippen molar-refractivity contribution in [2.75, 3.05) is 0 Å². The molecule has 2 nitrogen and oxygen atoms in total. The fraction of sp³-hybridized carbons (Fsp3) is 0.611. The molecule has 3 unspecified atom stereocenters. The van der Waals surface area contributed by atoms with E-state index >= 15 is 0 Å². The Kier molecular flexibility index (Phi) is 4.47. The lowest BCUT2D eigenvalue weighted by Gasteiger charge is -2.44. The molecule has 0 spiro atoms. The van der Waals surface area contributed by atoms with Gasteiger partial charge in [0.05, 0.1) is 12.2 Å². The molecule has 1 N–H and O–H groups in total. The normalized spacial score (nSPS) is 29.1. The Morgan fingerprint density at radius 2 is 2.33 bits per heavy atom. The minimum absolute atomic E-state index is 0.0172. The van der Waals surface area contributed by atoms with Crippen LogP contribution in [0.4, 0.5) is 0 Å². The third-order valence-corrected chi connectivity index (χ3v) is 6.41. The first-order valence-corrected chi connectivity index (χ1v) is 8.91. The number of nitrogens with zero attached hydrogens (tertiary/aromatic N) is 1. The van der Waals surface area contributed by atoms with E-state index in [2.05, 4.69) is 35.7 Å². The van der Waals surface area contributed by atoms with E-state index in [-0.39, 0.29) is 17.4 Å².